The summed E-state index contributed by atoms with van der Waals surface area (Å²) in [5.74, 6) is 0.465. The maximum absolute atomic E-state index is 13.3. The average Bonchev–Trinajstić information content (AvgIpc) is 2.71. The Morgan fingerprint density at radius 1 is 1.44 bits per heavy atom. The van der Waals surface area contributed by atoms with Crippen LogP contribution in [0.3, 0.4) is 0 Å². The van der Waals surface area contributed by atoms with E-state index in [4.69, 9.17) is 10.3 Å². The van der Waals surface area contributed by atoms with Crippen LogP contribution in [0, 0.1) is 5.82 Å². The minimum atomic E-state index is -0.365. The van der Waals surface area contributed by atoms with Gasteiger partial charge in [-0.05, 0) is 40.7 Å². The van der Waals surface area contributed by atoms with Gasteiger partial charge < -0.3 is 10.3 Å². The fourth-order valence-electron chi connectivity index (χ4n) is 1.23. The Morgan fingerprint density at radius 3 is 2.94 bits per heavy atom. The predicted octanol–water partition coefficient (Wildman–Crippen LogP) is 2.14. The second-order valence-corrected chi connectivity index (χ2v) is 4.04. The first kappa shape index (κ1) is 11.2. The van der Waals surface area contributed by atoms with Crippen LogP contribution in [0.5, 0.6) is 0 Å². The molecule has 0 saturated carbocycles. The van der Waals surface area contributed by atoms with E-state index in [0.29, 0.717) is 34.7 Å². The Balaban J connectivity index is 2.31. The van der Waals surface area contributed by atoms with Crippen molar-refractivity contribution in [3.63, 3.8) is 0 Å². The van der Waals surface area contributed by atoms with Gasteiger partial charge in [-0.3, -0.25) is 0 Å². The summed E-state index contributed by atoms with van der Waals surface area (Å²) < 4.78 is 18.7. The second-order valence-electron chi connectivity index (χ2n) is 3.18. The lowest BCUT2D eigenvalue weighted by atomic mass is 10.2. The van der Waals surface area contributed by atoms with Crippen LogP contribution >= 0.6 is 15.9 Å². The van der Waals surface area contributed by atoms with Crippen molar-refractivity contribution in [1.29, 1.82) is 0 Å². The Bertz CT molecular complexity index is 501. The molecule has 0 fully saturated rings. The van der Waals surface area contributed by atoms with E-state index in [9.17, 15) is 4.39 Å². The minimum Gasteiger partial charge on any atom is -0.334 e. The van der Waals surface area contributed by atoms with E-state index >= 15 is 0 Å². The molecule has 0 spiro atoms. The molecule has 1 aromatic carbocycles. The number of hydrogen-bond acceptors (Lipinski definition) is 4. The maximum atomic E-state index is 13.3. The summed E-state index contributed by atoms with van der Waals surface area (Å²) in [6.45, 7) is 0.452. The largest absolute Gasteiger partial charge is 0.334 e. The van der Waals surface area contributed by atoms with Crippen LogP contribution in [0.4, 0.5) is 4.39 Å². The summed E-state index contributed by atoms with van der Waals surface area (Å²) in [5.41, 5.74) is 5.92. The van der Waals surface area contributed by atoms with Crippen molar-refractivity contribution in [3.8, 4) is 11.5 Å². The zero-order valence-corrected chi connectivity index (χ0v) is 9.87. The summed E-state index contributed by atoms with van der Waals surface area (Å²) in [6.07, 6.45) is 0.544. The highest BCUT2D eigenvalue weighted by Gasteiger charge is 2.10. The fourth-order valence-corrected chi connectivity index (χ4v) is 1.48. The van der Waals surface area contributed by atoms with Crippen LogP contribution in [-0.2, 0) is 6.42 Å². The molecule has 1 heterocycles. The van der Waals surface area contributed by atoms with E-state index in [1.165, 1.54) is 6.07 Å². The molecule has 2 N–H and O–H groups in total. The predicted molar refractivity (Wildman–Crippen MR) is 60.2 cm³/mol. The molecular formula is C10H9BrFN3O. The van der Waals surface area contributed by atoms with Gasteiger partial charge in [-0.15, -0.1) is 0 Å². The molecule has 0 radical (unpaired) electrons. The first-order valence-electron chi connectivity index (χ1n) is 4.69. The molecule has 16 heavy (non-hydrogen) atoms. The highest BCUT2D eigenvalue weighted by atomic mass is 79.9. The fraction of sp³-hybridized carbons (Fsp3) is 0.200. The number of nitrogens with two attached hydrogens (primary N) is 1. The van der Waals surface area contributed by atoms with Crippen molar-refractivity contribution in [2.75, 3.05) is 6.54 Å². The topological polar surface area (TPSA) is 64.9 Å². The van der Waals surface area contributed by atoms with E-state index < -0.39 is 0 Å². The Labute approximate surface area is 99.8 Å². The van der Waals surface area contributed by atoms with Gasteiger partial charge in [-0.1, -0.05) is 5.16 Å². The Hall–Kier alpha value is -1.27. The van der Waals surface area contributed by atoms with Gasteiger partial charge in [0.25, 0.3) is 5.89 Å². The molecule has 4 nitrogen and oxygen atoms in total. The maximum Gasteiger partial charge on any atom is 0.258 e. The zero-order valence-electron chi connectivity index (χ0n) is 8.28. The highest BCUT2D eigenvalue weighted by molar-refractivity contribution is 9.10. The molecule has 0 amide bonds. The molecule has 1 aromatic heterocycles. The van der Waals surface area contributed by atoms with Gasteiger partial charge in [0, 0.05) is 12.0 Å². The smallest absolute Gasteiger partial charge is 0.258 e. The van der Waals surface area contributed by atoms with Crippen molar-refractivity contribution < 1.29 is 8.91 Å². The molecule has 2 rings (SSSR count). The van der Waals surface area contributed by atoms with Gasteiger partial charge >= 0.3 is 0 Å². The summed E-state index contributed by atoms with van der Waals surface area (Å²) in [7, 11) is 0. The van der Waals surface area contributed by atoms with Crippen LogP contribution in [0.2, 0.25) is 0 Å². The van der Waals surface area contributed by atoms with Crippen molar-refractivity contribution in [1.82, 2.24) is 10.1 Å². The molecule has 0 aliphatic carbocycles. The first-order valence-corrected chi connectivity index (χ1v) is 5.48. The van der Waals surface area contributed by atoms with Gasteiger partial charge in [0.1, 0.15) is 5.82 Å². The molecule has 0 atom stereocenters. The first-order chi connectivity index (χ1) is 7.70. The van der Waals surface area contributed by atoms with Crippen LogP contribution in [0.15, 0.2) is 27.2 Å². The summed E-state index contributed by atoms with van der Waals surface area (Å²) in [5, 5.41) is 3.73. The van der Waals surface area contributed by atoms with Gasteiger partial charge in [-0.25, -0.2) is 4.39 Å². The number of nitrogens with zero attached hydrogens (tertiary/aromatic N) is 2. The zero-order chi connectivity index (χ0) is 11.5. The lowest BCUT2D eigenvalue weighted by Gasteiger charge is -1.96. The quantitative estimate of drug-likeness (QED) is 0.938. The van der Waals surface area contributed by atoms with E-state index in [-0.39, 0.29) is 5.82 Å². The Morgan fingerprint density at radius 2 is 2.25 bits per heavy atom. The van der Waals surface area contributed by atoms with Gasteiger partial charge in [-0.2, -0.15) is 4.98 Å². The van der Waals surface area contributed by atoms with Crippen LogP contribution in [-0.4, -0.2) is 16.7 Å². The standard InChI is InChI=1S/C10H9BrFN3O/c11-7-2-1-6(5-8(7)12)10-14-9(3-4-13)15-16-10/h1-2,5H,3-4,13H2. The highest BCUT2D eigenvalue weighted by Crippen LogP contribution is 2.23. The van der Waals surface area contributed by atoms with Gasteiger partial charge in [0.05, 0.1) is 4.47 Å². The van der Waals surface area contributed by atoms with E-state index in [0.717, 1.165) is 0 Å². The Kier molecular flexibility index (Phi) is 3.31. The van der Waals surface area contributed by atoms with Crippen molar-refractivity contribution >= 4 is 15.9 Å². The summed E-state index contributed by atoms with van der Waals surface area (Å²) in [4.78, 5) is 4.10. The molecule has 84 valence electrons. The van der Waals surface area contributed by atoms with Crippen LogP contribution in [0.1, 0.15) is 5.82 Å². The molecular weight excluding hydrogens is 277 g/mol. The number of aromatic nitrogens is 2. The normalized spacial score (nSPS) is 10.7. The molecule has 0 aliphatic rings. The van der Waals surface area contributed by atoms with Crippen LogP contribution in [0.25, 0.3) is 11.5 Å². The third kappa shape index (κ3) is 2.28. The molecule has 2 aromatic rings. The second kappa shape index (κ2) is 4.71. The lowest BCUT2D eigenvalue weighted by molar-refractivity contribution is 0.422. The SMILES string of the molecule is NCCc1noc(-c2ccc(Br)c(F)c2)n1. The number of halogens is 2. The van der Waals surface area contributed by atoms with Gasteiger partial charge in [0.2, 0.25) is 0 Å². The summed E-state index contributed by atoms with van der Waals surface area (Å²) >= 11 is 3.07. The van der Waals surface area contributed by atoms with E-state index in [2.05, 4.69) is 26.1 Å². The van der Waals surface area contributed by atoms with Gasteiger partial charge in [0.15, 0.2) is 5.82 Å². The molecule has 0 saturated heterocycles. The number of hydrogen-bond donors (Lipinski definition) is 1. The monoisotopic (exact) mass is 285 g/mol. The van der Waals surface area contributed by atoms with Crippen LogP contribution < -0.4 is 5.73 Å². The molecule has 0 aliphatic heterocycles. The van der Waals surface area contributed by atoms with Crippen molar-refractivity contribution in [2.45, 2.75) is 6.42 Å². The molecule has 0 unspecified atom stereocenters. The van der Waals surface area contributed by atoms with Crippen molar-refractivity contribution in [2.24, 2.45) is 5.73 Å². The lowest BCUT2D eigenvalue weighted by Crippen LogP contribution is -2.03. The summed E-state index contributed by atoms with van der Waals surface area (Å²) in [6, 6.07) is 4.63. The molecule has 6 heteroatoms. The number of rotatable bonds is 3. The average molecular weight is 286 g/mol. The third-order valence-electron chi connectivity index (χ3n) is 2.00. The van der Waals surface area contributed by atoms with E-state index in [1.807, 2.05) is 0 Å². The minimum absolute atomic E-state index is 0.301. The molecule has 0 bridgehead atoms. The number of benzene rings is 1. The van der Waals surface area contributed by atoms with Crippen molar-refractivity contribution in [3.05, 3.63) is 34.3 Å². The third-order valence-corrected chi connectivity index (χ3v) is 2.65. The van der Waals surface area contributed by atoms with E-state index in [1.54, 1.807) is 12.1 Å².